The maximum atomic E-state index is 11.8. The predicted octanol–water partition coefficient (Wildman–Crippen LogP) is 2.85. The van der Waals surface area contributed by atoms with Gasteiger partial charge in [-0.2, -0.15) is 0 Å². The van der Waals surface area contributed by atoms with Crippen molar-refractivity contribution in [3.05, 3.63) is 23.3 Å². The van der Waals surface area contributed by atoms with Gasteiger partial charge in [-0.15, -0.1) is 0 Å². The summed E-state index contributed by atoms with van der Waals surface area (Å²) in [5.41, 5.74) is 2.40. The van der Waals surface area contributed by atoms with Crippen LogP contribution < -0.4 is 9.46 Å². The van der Waals surface area contributed by atoms with Crippen molar-refractivity contribution in [3.8, 4) is 5.75 Å². The van der Waals surface area contributed by atoms with Crippen molar-refractivity contribution in [2.24, 2.45) is 0 Å². The number of hydrogen-bond acceptors (Lipinski definition) is 3. The molecule has 0 unspecified atom stereocenters. The molecule has 1 aromatic carbocycles. The summed E-state index contributed by atoms with van der Waals surface area (Å²) in [6.07, 6.45) is 1.53. The van der Waals surface area contributed by atoms with E-state index in [1.165, 1.54) is 0 Å². The van der Waals surface area contributed by atoms with E-state index in [9.17, 15) is 8.42 Å². The summed E-state index contributed by atoms with van der Waals surface area (Å²) < 4.78 is 31.5. The zero-order valence-corrected chi connectivity index (χ0v) is 12.2. The van der Waals surface area contributed by atoms with Crippen molar-refractivity contribution in [2.45, 2.75) is 33.6 Å². The first-order valence-corrected chi connectivity index (χ1v) is 7.70. The average Bonchev–Trinajstić information content (AvgIpc) is 2.30. The summed E-state index contributed by atoms with van der Waals surface area (Å²) >= 11 is 0. The Bertz CT molecular complexity index is 509. The van der Waals surface area contributed by atoms with Gasteiger partial charge in [0.15, 0.2) is 0 Å². The number of benzene rings is 1. The lowest BCUT2D eigenvalue weighted by molar-refractivity contribution is 0.411. The third kappa shape index (κ3) is 3.91. The van der Waals surface area contributed by atoms with E-state index < -0.39 is 10.0 Å². The molecule has 0 aromatic heterocycles. The Labute approximate surface area is 109 Å². The van der Waals surface area contributed by atoms with Crippen LogP contribution in [0.5, 0.6) is 5.75 Å². The molecule has 1 aromatic rings. The third-order valence-corrected chi connectivity index (χ3v) is 4.13. The molecule has 0 aliphatic rings. The first kappa shape index (κ1) is 14.8. The lowest BCUT2D eigenvalue weighted by atomic mass is 10.1. The molecule has 0 aliphatic carbocycles. The van der Waals surface area contributed by atoms with Gasteiger partial charge in [0.25, 0.3) is 0 Å². The summed E-state index contributed by atoms with van der Waals surface area (Å²) in [4.78, 5) is 0. The number of hydrogen-bond donors (Lipinski definition) is 1. The molecule has 0 radical (unpaired) electrons. The van der Waals surface area contributed by atoms with E-state index in [0.717, 1.165) is 23.3 Å². The molecule has 1 N–H and O–H groups in total. The number of anilines is 1. The quantitative estimate of drug-likeness (QED) is 0.865. The van der Waals surface area contributed by atoms with E-state index in [-0.39, 0.29) is 5.75 Å². The number of ether oxygens (including phenoxy) is 1. The van der Waals surface area contributed by atoms with Gasteiger partial charge in [0.2, 0.25) is 10.0 Å². The summed E-state index contributed by atoms with van der Waals surface area (Å²) in [5, 5.41) is 0. The largest absolute Gasteiger partial charge is 0.496 e. The second kappa shape index (κ2) is 6.09. The van der Waals surface area contributed by atoms with Gasteiger partial charge in [-0.1, -0.05) is 13.3 Å². The van der Waals surface area contributed by atoms with Gasteiger partial charge in [0, 0.05) is 0 Å². The van der Waals surface area contributed by atoms with Crippen LogP contribution in [-0.2, 0) is 10.0 Å². The lowest BCUT2D eigenvalue weighted by Gasteiger charge is -2.13. The lowest BCUT2D eigenvalue weighted by Crippen LogP contribution is -2.17. The van der Waals surface area contributed by atoms with Crippen LogP contribution in [0, 0.1) is 13.8 Å². The van der Waals surface area contributed by atoms with E-state index in [0.29, 0.717) is 12.1 Å². The SMILES string of the molecule is CCCCS(=O)(=O)Nc1cc(C)c(OC)cc1C. The molecule has 0 bridgehead atoms. The minimum absolute atomic E-state index is 0.161. The monoisotopic (exact) mass is 271 g/mol. The van der Waals surface area contributed by atoms with Crippen molar-refractivity contribution in [2.75, 3.05) is 17.6 Å². The minimum Gasteiger partial charge on any atom is -0.496 e. The Morgan fingerprint density at radius 3 is 2.44 bits per heavy atom. The molecule has 5 heteroatoms. The normalized spacial score (nSPS) is 11.3. The van der Waals surface area contributed by atoms with Gasteiger partial charge in [0.05, 0.1) is 18.6 Å². The third-order valence-electron chi connectivity index (χ3n) is 2.77. The Hall–Kier alpha value is -1.23. The van der Waals surface area contributed by atoms with Crippen LogP contribution in [0.15, 0.2) is 12.1 Å². The van der Waals surface area contributed by atoms with Gasteiger partial charge in [-0.3, -0.25) is 4.72 Å². The fraction of sp³-hybridized carbons (Fsp3) is 0.538. The molecule has 0 atom stereocenters. The molecule has 0 saturated carbocycles. The number of unbranched alkanes of at least 4 members (excludes halogenated alkanes) is 1. The Kier molecular flexibility index (Phi) is 5.02. The standard InChI is InChI=1S/C13H21NO3S/c1-5-6-7-18(15,16)14-12-8-11(3)13(17-4)9-10(12)2/h8-9,14H,5-7H2,1-4H3. The summed E-state index contributed by atoms with van der Waals surface area (Å²) in [5.74, 6) is 0.928. The van der Waals surface area contributed by atoms with Gasteiger partial charge < -0.3 is 4.74 Å². The average molecular weight is 271 g/mol. The first-order chi connectivity index (χ1) is 8.39. The number of sulfonamides is 1. The Morgan fingerprint density at radius 2 is 1.89 bits per heavy atom. The smallest absolute Gasteiger partial charge is 0.232 e. The van der Waals surface area contributed by atoms with Gasteiger partial charge in [-0.05, 0) is 43.5 Å². The van der Waals surface area contributed by atoms with Crippen LogP contribution in [0.3, 0.4) is 0 Å². The molecule has 0 aliphatic heterocycles. The fourth-order valence-electron chi connectivity index (χ4n) is 1.67. The Balaban J connectivity index is 2.95. The van der Waals surface area contributed by atoms with Crippen molar-refractivity contribution in [1.82, 2.24) is 0 Å². The van der Waals surface area contributed by atoms with Crippen LogP contribution in [0.2, 0.25) is 0 Å². The molecule has 18 heavy (non-hydrogen) atoms. The molecule has 1 rings (SSSR count). The van der Waals surface area contributed by atoms with Crippen LogP contribution >= 0.6 is 0 Å². The maximum absolute atomic E-state index is 11.8. The molecule has 0 saturated heterocycles. The van der Waals surface area contributed by atoms with Gasteiger partial charge in [0.1, 0.15) is 5.75 Å². The van der Waals surface area contributed by atoms with E-state index in [1.54, 1.807) is 13.2 Å². The van der Waals surface area contributed by atoms with Crippen LogP contribution in [-0.4, -0.2) is 21.3 Å². The molecule has 4 nitrogen and oxygen atoms in total. The van der Waals surface area contributed by atoms with Crippen molar-refractivity contribution in [3.63, 3.8) is 0 Å². The molecular formula is C13H21NO3S. The van der Waals surface area contributed by atoms with Gasteiger partial charge in [-0.25, -0.2) is 8.42 Å². The Morgan fingerprint density at radius 1 is 1.22 bits per heavy atom. The highest BCUT2D eigenvalue weighted by atomic mass is 32.2. The number of aryl methyl sites for hydroxylation is 2. The minimum atomic E-state index is -3.25. The van der Waals surface area contributed by atoms with Gasteiger partial charge >= 0.3 is 0 Å². The van der Waals surface area contributed by atoms with Crippen molar-refractivity contribution < 1.29 is 13.2 Å². The van der Waals surface area contributed by atoms with E-state index in [1.807, 2.05) is 26.8 Å². The molecular weight excluding hydrogens is 250 g/mol. The van der Waals surface area contributed by atoms with Crippen molar-refractivity contribution in [1.29, 1.82) is 0 Å². The fourth-order valence-corrected chi connectivity index (χ4v) is 3.00. The maximum Gasteiger partial charge on any atom is 0.232 e. The zero-order valence-electron chi connectivity index (χ0n) is 11.4. The summed E-state index contributed by atoms with van der Waals surface area (Å²) in [6, 6.07) is 3.64. The second-order valence-electron chi connectivity index (χ2n) is 4.41. The molecule has 0 spiro atoms. The van der Waals surface area contributed by atoms with Crippen LogP contribution in [0.1, 0.15) is 30.9 Å². The molecule has 0 fully saturated rings. The van der Waals surface area contributed by atoms with Crippen molar-refractivity contribution >= 4 is 15.7 Å². The highest BCUT2D eigenvalue weighted by Crippen LogP contribution is 2.26. The molecule has 102 valence electrons. The summed E-state index contributed by atoms with van der Waals surface area (Å²) in [6.45, 7) is 5.72. The van der Waals surface area contributed by atoms with E-state index in [4.69, 9.17) is 4.74 Å². The van der Waals surface area contributed by atoms with Crippen LogP contribution in [0.25, 0.3) is 0 Å². The summed E-state index contributed by atoms with van der Waals surface area (Å²) in [7, 11) is -1.64. The highest BCUT2D eigenvalue weighted by Gasteiger charge is 2.12. The predicted molar refractivity (Wildman–Crippen MR) is 74.8 cm³/mol. The molecule has 0 heterocycles. The number of nitrogens with one attached hydrogen (secondary N) is 1. The topological polar surface area (TPSA) is 55.4 Å². The zero-order chi connectivity index (χ0) is 13.8. The second-order valence-corrected chi connectivity index (χ2v) is 6.25. The molecule has 0 amide bonds. The first-order valence-electron chi connectivity index (χ1n) is 6.05. The van der Waals surface area contributed by atoms with E-state index >= 15 is 0 Å². The number of methoxy groups -OCH3 is 1. The van der Waals surface area contributed by atoms with E-state index in [2.05, 4.69) is 4.72 Å². The highest BCUT2D eigenvalue weighted by molar-refractivity contribution is 7.92. The van der Waals surface area contributed by atoms with Crippen LogP contribution in [0.4, 0.5) is 5.69 Å². The number of rotatable bonds is 6.